The van der Waals surface area contributed by atoms with Gasteiger partial charge in [-0.1, -0.05) is 83.7 Å². The average Bonchev–Trinajstić information content (AvgIpc) is 3.64. The number of aromatic nitrogens is 2. The number of carboxylic acids is 1. The van der Waals surface area contributed by atoms with Crippen molar-refractivity contribution in [2.75, 3.05) is 6.54 Å². The minimum atomic E-state index is -1.17. The van der Waals surface area contributed by atoms with Gasteiger partial charge in [0.2, 0.25) is 5.91 Å². The number of rotatable bonds is 14. The maximum Gasteiger partial charge on any atom is 0.326 e. The van der Waals surface area contributed by atoms with Gasteiger partial charge in [-0.25, -0.2) is 14.8 Å². The predicted octanol–water partition coefficient (Wildman–Crippen LogP) is 7.55. The molecule has 0 aliphatic heterocycles. The first-order chi connectivity index (χ1) is 24.4. The summed E-state index contributed by atoms with van der Waals surface area (Å²) in [4.78, 5) is 49.4. The molecular weight excluding hydrogens is 659 g/mol. The number of nitrogens with zero attached hydrogens (tertiary/aromatic N) is 2. The van der Waals surface area contributed by atoms with Crippen molar-refractivity contribution in [1.82, 2.24) is 20.6 Å². The van der Waals surface area contributed by atoms with Crippen LogP contribution in [-0.2, 0) is 21.4 Å². The molecule has 1 aromatic carbocycles. The molecule has 2 aliphatic carbocycles. The fourth-order valence-electron chi connectivity index (χ4n) is 7.57. The Hall–Kier alpha value is -3.89. The lowest BCUT2D eigenvalue weighted by Crippen LogP contribution is -2.52. The summed E-state index contributed by atoms with van der Waals surface area (Å²) in [6.07, 6.45) is 18.3. The van der Waals surface area contributed by atoms with E-state index >= 15 is 0 Å². The number of hydrogen-bond donors (Lipinski definition) is 4. The van der Waals surface area contributed by atoms with Gasteiger partial charge in [-0.05, 0) is 91.5 Å². The molecule has 0 saturated heterocycles. The number of amides is 2. The molecule has 3 aromatic rings. The van der Waals surface area contributed by atoms with Crippen molar-refractivity contribution in [3.05, 3.63) is 75.7 Å². The number of allylic oxidation sites excluding steroid dienone is 2. The van der Waals surface area contributed by atoms with E-state index in [0.29, 0.717) is 10.7 Å². The number of thiophene rings is 1. The van der Waals surface area contributed by atoms with E-state index in [2.05, 4.69) is 44.4 Å². The fraction of sp³-hybridized carbons (Fsp3) is 0.537. The summed E-state index contributed by atoms with van der Waals surface area (Å²) in [6, 6.07) is 9.11. The number of carbonyl (C=O) groups is 3. The second-order valence-corrected chi connectivity index (χ2v) is 16.5. The highest BCUT2D eigenvalue weighted by Gasteiger charge is 2.30. The molecule has 5 N–H and O–H groups in total. The van der Waals surface area contributed by atoms with E-state index in [-0.39, 0.29) is 30.7 Å². The normalized spacial score (nSPS) is 20.6. The maximum absolute atomic E-state index is 13.4. The van der Waals surface area contributed by atoms with Crippen molar-refractivity contribution in [1.29, 1.82) is 0 Å². The third-order valence-corrected chi connectivity index (χ3v) is 12.2. The zero-order valence-electron chi connectivity index (χ0n) is 30.6. The number of benzene rings is 1. The lowest BCUT2D eigenvalue weighted by atomic mass is 9.70. The third-order valence-electron chi connectivity index (χ3n) is 10.6. The molecule has 2 aliphatic rings. The summed E-state index contributed by atoms with van der Waals surface area (Å²) in [5.74, 6) is 1.10. The monoisotopic (exact) mass is 713 g/mol. The Morgan fingerprint density at radius 3 is 2.20 bits per heavy atom. The SMILES string of the molecule is CCCC1CCC(C2CC=C(c3cnc(-c4ccc(C[C@H](NC(=O)c5ccc(C(C)(C)C)s5)C(=O)N[C@@H](CCN)C(=O)O)cc4)nc3)CC2)CC1. The molecule has 5 rings (SSSR count). The van der Waals surface area contributed by atoms with Gasteiger partial charge in [0.1, 0.15) is 12.1 Å². The number of hydrogen-bond acceptors (Lipinski definition) is 7. The Balaban J connectivity index is 1.23. The Kier molecular flexibility index (Phi) is 13.2. The Morgan fingerprint density at radius 1 is 0.922 bits per heavy atom. The van der Waals surface area contributed by atoms with E-state index in [0.717, 1.165) is 52.2 Å². The van der Waals surface area contributed by atoms with Crippen LogP contribution in [0.5, 0.6) is 0 Å². The van der Waals surface area contributed by atoms with E-state index in [1.54, 1.807) is 6.07 Å². The Labute approximate surface area is 306 Å². The first-order valence-electron chi connectivity index (χ1n) is 18.7. The molecule has 2 aromatic heterocycles. The van der Waals surface area contributed by atoms with Gasteiger partial charge in [-0.15, -0.1) is 11.3 Å². The van der Waals surface area contributed by atoms with Crippen molar-refractivity contribution in [2.45, 2.75) is 116 Å². The molecule has 1 unspecified atom stereocenters. The number of carboxylic acid groups (broad SMARTS) is 1. The van der Waals surface area contributed by atoms with Crippen LogP contribution in [0.3, 0.4) is 0 Å². The quantitative estimate of drug-likeness (QED) is 0.135. The van der Waals surface area contributed by atoms with Crippen LogP contribution in [-0.4, -0.2) is 51.5 Å². The van der Waals surface area contributed by atoms with Crippen LogP contribution in [0.4, 0.5) is 0 Å². The van der Waals surface area contributed by atoms with Crippen LogP contribution in [0.25, 0.3) is 17.0 Å². The zero-order chi connectivity index (χ0) is 36.5. The topological polar surface area (TPSA) is 147 Å². The molecular formula is C41H55N5O4S. The molecule has 0 radical (unpaired) electrons. The van der Waals surface area contributed by atoms with E-state index < -0.39 is 24.0 Å². The predicted molar refractivity (Wildman–Crippen MR) is 204 cm³/mol. The third kappa shape index (κ3) is 10.3. The van der Waals surface area contributed by atoms with E-state index in [9.17, 15) is 19.5 Å². The van der Waals surface area contributed by atoms with Gasteiger partial charge in [0.15, 0.2) is 5.82 Å². The molecule has 1 fully saturated rings. The van der Waals surface area contributed by atoms with Crippen LogP contribution in [0, 0.1) is 17.8 Å². The minimum Gasteiger partial charge on any atom is -0.480 e. The molecule has 9 nitrogen and oxygen atoms in total. The van der Waals surface area contributed by atoms with Crippen LogP contribution >= 0.6 is 11.3 Å². The smallest absolute Gasteiger partial charge is 0.326 e. The van der Waals surface area contributed by atoms with E-state index in [4.69, 9.17) is 15.7 Å². The number of nitrogens with one attached hydrogen (secondary N) is 2. The summed E-state index contributed by atoms with van der Waals surface area (Å²) in [7, 11) is 0. The maximum atomic E-state index is 13.4. The van der Waals surface area contributed by atoms with Crippen molar-refractivity contribution < 1.29 is 19.5 Å². The second kappa shape index (κ2) is 17.6. The average molecular weight is 714 g/mol. The summed E-state index contributed by atoms with van der Waals surface area (Å²) >= 11 is 1.38. The number of nitrogens with two attached hydrogens (primary N) is 1. The lowest BCUT2D eigenvalue weighted by Gasteiger charge is -2.35. The van der Waals surface area contributed by atoms with Gasteiger partial charge in [-0.2, -0.15) is 0 Å². The van der Waals surface area contributed by atoms with Crippen molar-refractivity contribution >= 4 is 34.7 Å². The molecule has 274 valence electrons. The first-order valence-corrected chi connectivity index (χ1v) is 19.5. The van der Waals surface area contributed by atoms with Gasteiger partial charge in [0, 0.05) is 34.8 Å². The summed E-state index contributed by atoms with van der Waals surface area (Å²) in [5.41, 5.74) is 9.53. The summed E-state index contributed by atoms with van der Waals surface area (Å²) in [6.45, 7) is 8.63. The molecule has 0 spiro atoms. The highest BCUT2D eigenvalue weighted by Crippen LogP contribution is 2.42. The summed E-state index contributed by atoms with van der Waals surface area (Å²) in [5, 5.41) is 15.0. The van der Waals surface area contributed by atoms with Crippen LogP contribution in [0.2, 0.25) is 0 Å². The van der Waals surface area contributed by atoms with Gasteiger partial charge in [0.05, 0.1) is 4.88 Å². The van der Waals surface area contributed by atoms with E-state index in [1.807, 2.05) is 42.7 Å². The van der Waals surface area contributed by atoms with Crippen molar-refractivity contribution in [2.24, 2.45) is 23.5 Å². The van der Waals surface area contributed by atoms with Crippen molar-refractivity contribution in [3.8, 4) is 11.4 Å². The number of carbonyl (C=O) groups excluding carboxylic acids is 2. The fourth-order valence-corrected chi connectivity index (χ4v) is 8.53. The Bertz CT molecular complexity index is 1650. The minimum absolute atomic E-state index is 0.0763. The molecule has 0 bridgehead atoms. The van der Waals surface area contributed by atoms with Gasteiger partial charge in [-0.3, -0.25) is 9.59 Å². The largest absolute Gasteiger partial charge is 0.480 e. The molecule has 2 amide bonds. The van der Waals surface area contributed by atoms with Gasteiger partial charge >= 0.3 is 5.97 Å². The van der Waals surface area contributed by atoms with Gasteiger partial charge in [0.25, 0.3) is 5.91 Å². The molecule has 3 atom stereocenters. The Morgan fingerprint density at radius 2 is 1.63 bits per heavy atom. The zero-order valence-corrected chi connectivity index (χ0v) is 31.4. The highest BCUT2D eigenvalue weighted by atomic mass is 32.1. The molecule has 2 heterocycles. The molecule has 51 heavy (non-hydrogen) atoms. The van der Waals surface area contributed by atoms with Crippen LogP contribution in [0.1, 0.15) is 118 Å². The standard InChI is InChI=1S/C41H55N5O4S/c1-5-6-26-7-11-28(12-8-26)29-15-17-30(18-16-29)32-24-43-37(44-25-32)31-13-9-27(10-14-31)23-34(38(47)45-33(21-22-42)40(49)50)46-39(48)35-19-20-36(51-35)41(2,3)4/h9-10,13-14,17,19-20,24-26,28-29,33-34H,5-8,11-12,15-16,18,21-23,42H2,1-4H3,(H,45,47)(H,46,48)(H,49,50)/t26?,28?,29?,33-,34-/m0/s1. The number of aliphatic carboxylic acids is 1. The van der Waals surface area contributed by atoms with Crippen LogP contribution < -0.4 is 16.4 Å². The van der Waals surface area contributed by atoms with Gasteiger partial charge < -0.3 is 21.5 Å². The molecule has 10 heteroatoms. The summed E-state index contributed by atoms with van der Waals surface area (Å²) < 4.78 is 0. The first kappa shape index (κ1) is 38.3. The lowest BCUT2D eigenvalue weighted by molar-refractivity contribution is -0.142. The highest BCUT2D eigenvalue weighted by molar-refractivity contribution is 7.14. The van der Waals surface area contributed by atoms with E-state index in [1.165, 1.54) is 61.9 Å². The van der Waals surface area contributed by atoms with Crippen molar-refractivity contribution in [3.63, 3.8) is 0 Å². The van der Waals surface area contributed by atoms with Crippen LogP contribution in [0.15, 0.2) is 54.9 Å². The molecule has 1 saturated carbocycles. The second-order valence-electron chi connectivity index (χ2n) is 15.4.